The minimum atomic E-state index is -3.47. The average Bonchev–Trinajstić information content (AvgIpc) is 3.34. The Balaban J connectivity index is 1.43. The number of sulfonamides is 1. The number of hydrogen-bond acceptors (Lipinski definition) is 4. The van der Waals surface area contributed by atoms with Crippen LogP contribution in [0.2, 0.25) is 0 Å². The van der Waals surface area contributed by atoms with Gasteiger partial charge in [0.25, 0.3) is 0 Å². The molecule has 0 radical (unpaired) electrons. The number of rotatable bonds is 6. The fourth-order valence-corrected chi connectivity index (χ4v) is 6.56. The van der Waals surface area contributed by atoms with E-state index in [-0.39, 0.29) is 5.91 Å². The Morgan fingerprint density at radius 1 is 1.28 bits per heavy atom. The number of hydrogen-bond donors (Lipinski definition) is 1. The third-order valence-electron chi connectivity index (χ3n) is 7.26. The predicted molar refractivity (Wildman–Crippen MR) is 114 cm³/mol. The molecule has 1 heterocycles. The highest BCUT2D eigenvalue weighted by molar-refractivity contribution is 7.89. The van der Waals surface area contributed by atoms with Crippen LogP contribution in [-0.4, -0.2) is 51.9 Å². The van der Waals surface area contributed by atoms with Crippen molar-refractivity contribution in [2.45, 2.75) is 56.4 Å². The van der Waals surface area contributed by atoms with E-state index in [0.717, 1.165) is 35.9 Å². The summed E-state index contributed by atoms with van der Waals surface area (Å²) in [5.74, 6) is 2.52. The summed E-state index contributed by atoms with van der Waals surface area (Å²) in [6.07, 6.45) is 7.08. The van der Waals surface area contributed by atoms with Crippen LogP contribution in [0.4, 0.5) is 5.69 Å². The maximum absolute atomic E-state index is 13.0. The van der Waals surface area contributed by atoms with Crippen molar-refractivity contribution in [3.63, 3.8) is 0 Å². The molecule has 2 saturated carbocycles. The SMILES string of the molecule is C[C@H](NCC(=O)N1CCCc2cc(S(=O)(=O)N(C)C)ccc21)[C@H]1C[C@H]2CC[C@H]1C2. The highest BCUT2D eigenvalue weighted by Gasteiger charge is 2.41. The minimum Gasteiger partial charge on any atom is -0.311 e. The van der Waals surface area contributed by atoms with Gasteiger partial charge >= 0.3 is 0 Å². The van der Waals surface area contributed by atoms with Gasteiger partial charge in [-0.2, -0.15) is 0 Å². The van der Waals surface area contributed by atoms with Gasteiger partial charge in [0.2, 0.25) is 15.9 Å². The number of nitrogens with one attached hydrogen (secondary N) is 1. The molecule has 29 heavy (non-hydrogen) atoms. The average molecular weight is 420 g/mol. The number of benzene rings is 1. The van der Waals surface area contributed by atoms with Gasteiger partial charge in [0.15, 0.2) is 0 Å². The third-order valence-corrected chi connectivity index (χ3v) is 9.07. The molecular weight excluding hydrogens is 386 g/mol. The van der Waals surface area contributed by atoms with Crippen LogP contribution in [0.1, 0.15) is 44.6 Å². The maximum atomic E-state index is 13.0. The van der Waals surface area contributed by atoms with E-state index in [1.54, 1.807) is 18.2 Å². The van der Waals surface area contributed by atoms with Crippen molar-refractivity contribution in [3.8, 4) is 0 Å². The summed E-state index contributed by atoms with van der Waals surface area (Å²) in [6.45, 7) is 3.25. The first kappa shape index (κ1) is 20.8. The van der Waals surface area contributed by atoms with E-state index in [1.165, 1.54) is 44.1 Å². The second-order valence-electron chi connectivity index (χ2n) is 9.24. The number of fused-ring (bicyclic) bond motifs is 3. The van der Waals surface area contributed by atoms with E-state index >= 15 is 0 Å². The fourth-order valence-electron chi connectivity index (χ4n) is 5.61. The summed E-state index contributed by atoms with van der Waals surface area (Å²) < 4.78 is 26.1. The molecule has 0 spiro atoms. The summed E-state index contributed by atoms with van der Waals surface area (Å²) in [6, 6.07) is 5.51. The summed E-state index contributed by atoms with van der Waals surface area (Å²) in [5.41, 5.74) is 1.79. The Hall–Kier alpha value is -1.44. The fraction of sp³-hybridized carbons (Fsp3) is 0.682. The van der Waals surface area contributed by atoms with Gasteiger partial charge in [0.1, 0.15) is 0 Å². The van der Waals surface area contributed by atoms with Crippen molar-refractivity contribution in [3.05, 3.63) is 23.8 Å². The summed E-state index contributed by atoms with van der Waals surface area (Å²) >= 11 is 0. The number of amides is 1. The minimum absolute atomic E-state index is 0.0733. The first-order valence-electron chi connectivity index (χ1n) is 10.9. The molecule has 6 nitrogen and oxygen atoms in total. The lowest BCUT2D eigenvalue weighted by atomic mass is 9.84. The molecule has 1 aliphatic heterocycles. The van der Waals surface area contributed by atoms with Crippen LogP contribution in [0.3, 0.4) is 0 Å². The molecule has 1 aromatic carbocycles. The molecule has 0 saturated heterocycles. The van der Waals surface area contributed by atoms with Crippen LogP contribution >= 0.6 is 0 Å². The number of carbonyl (C=O) groups excluding carboxylic acids is 1. The zero-order valence-corrected chi connectivity index (χ0v) is 18.5. The van der Waals surface area contributed by atoms with Gasteiger partial charge in [-0.25, -0.2) is 12.7 Å². The Kier molecular flexibility index (Phi) is 5.75. The molecule has 4 rings (SSSR count). The van der Waals surface area contributed by atoms with E-state index in [4.69, 9.17) is 0 Å². The number of aryl methyl sites for hydroxylation is 1. The molecule has 1 N–H and O–H groups in total. The van der Waals surface area contributed by atoms with Crippen molar-refractivity contribution >= 4 is 21.6 Å². The Morgan fingerprint density at radius 3 is 2.72 bits per heavy atom. The zero-order valence-electron chi connectivity index (χ0n) is 17.7. The quantitative estimate of drug-likeness (QED) is 0.770. The molecule has 1 amide bonds. The molecule has 0 unspecified atom stereocenters. The second-order valence-corrected chi connectivity index (χ2v) is 11.4. The Bertz CT molecular complexity index is 883. The van der Waals surface area contributed by atoms with Crippen molar-refractivity contribution in [2.24, 2.45) is 17.8 Å². The van der Waals surface area contributed by atoms with Gasteiger partial charge in [0.05, 0.1) is 11.4 Å². The second kappa shape index (κ2) is 8.00. The van der Waals surface area contributed by atoms with E-state index in [1.807, 2.05) is 4.90 Å². The molecule has 2 aliphatic carbocycles. The smallest absolute Gasteiger partial charge is 0.242 e. The normalized spacial score (nSPS) is 27.3. The lowest BCUT2D eigenvalue weighted by Gasteiger charge is -2.32. The van der Waals surface area contributed by atoms with E-state index in [9.17, 15) is 13.2 Å². The van der Waals surface area contributed by atoms with Crippen LogP contribution in [-0.2, 0) is 21.2 Å². The zero-order chi connectivity index (χ0) is 20.8. The molecular formula is C22H33N3O3S. The maximum Gasteiger partial charge on any atom is 0.242 e. The molecule has 0 aromatic heterocycles. The summed E-state index contributed by atoms with van der Waals surface area (Å²) in [5, 5.41) is 3.49. The van der Waals surface area contributed by atoms with Gasteiger partial charge < -0.3 is 10.2 Å². The topological polar surface area (TPSA) is 69.7 Å². The monoisotopic (exact) mass is 419 g/mol. The standard InChI is InChI=1S/C22H33N3O3S/c1-15(20-12-16-6-7-17(20)11-16)23-14-22(26)25-10-4-5-18-13-19(8-9-21(18)25)29(27,28)24(2)3/h8-9,13,15-17,20,23H,4-7,10-12,14H2,1-3H3/t15-,16-,17-,20+/m0/s1. The van der Waals surface area contributed by atoms with E-state index < -0.39 is 10.0 Å². The molecule has 2 bridgehead atoms. The first-order chi connectivity index (χ1) is 13.8. The largest absolute Gasteiger partial charge is 0.311 e. The molecule has 7 heteroatoms. The van der Waals surface area contributed by atoms with E-state index in [0.29, 0.717) is 29.9 Å². The molecule has 3 aliphatic rings. The van der Waals surface area contributed by atoms with Crippen molar-refractivity contribution in [1.29, 1.82) is 0 Å². The first-order valence-corrected chi connectivity index (χ1v) is 12.3. The summed E-state index contributed by atoms with van der Waals surface area (Å²) in [4.78, 5) is 15.1. The van der Waals surface area contributed by atoms with Crippen LogP contribution < -0.4 is 10.2 Å². The van der Waals surface area contributed by atoms with Crippen LogP contribution in [0.5, 0.6) is 0 Å². The van der Waals surface area contributed by atoms with Crippen molar-refractivity contribution in [1.82, 2.24) is 9.62 Å². The highest BCUT2D eigenvalue weighted by Crippen LogP contribution is 2.49. The van der Waals surface area contributed by atoms with Gasteiger partial charge in [-0.15, -0.1) is 0 Å². The Labute approximate surface area is 174 Å². The lowest BCUT2D eigenvalue weighted by Crippen LogP contribution is -2.45. The van der Waals surface area contributed by atoms with Crippen molar-refractivity contribution in [2.75, 3.05) is 32.1 Å². The summed E-state index contributed by atoms with van der Waals surface area (Å²) in [7, 11) is -0.395. The lowest BCUT2D eigenvalue weighted by molar-refractivity contribution is -0.118. The number of anilines is 1. The van der Waals surface area contributed by atoms with Gasteiger partial charge in [-0.1, -0.05) is 6.42 Å². The molecule has 2 fully saturated rings. The van der Waals surface area contributed by atoms with Crippen molar-refractivity contribution < 1.29 is 13.2 Å². The van der Waals surface area contributed by atoms with Gasteiger partial charge in [-0.05, 0) is 80.5 Å². The Morgan fingerprint density at radius 2 is 2.07 bits per heavy atom. The third kappa shape index (κ3) is 3.97. The van der Waals surface area contributed by atoms with E-state index in [2.05, 4.69) is 12.2 Å². The molecule has 4 atom stereocenters. The van der Waals surface area contributed by atoms with Gasteiger partial charge in [0, 0.05) is 32.4 Å². The number of nitrogens with zero attached hydrogens (tertiary/aromatic N) is 2. The van der Waals surface area contributed by atoms with Gasteiger partial charge in [-0.3, -0.25) is 4.79 Å². The van der Waals surface area contributed by atoms with Crippen LogP contribution in [0.25, 0.3) is 0 Å². The van der Waals surface area contributed by atoms with Crippen LogP contribution in [0.15, 0.2) is 23.1 Å². The number of carbonyl (C=O) groups is 1. The molecule has 160 valence electrons. The molecule has 1 aromatic rings. The predicted octanol–water partition coefficient (Wildman–Crippen LogP) is 2.63. The highest BCUT2D eigenvalue weighted by atomic mass is 32.2. The van der Waals surface area contributed by atoms with Crippen LogP contribution in [0, 0.1) is 17.8 Å².